The van der Waals surface area contributed by atoms with Gasteiger partial charge < -0.3 is 10.1 Å². The predicted octanol–water partition coefficient (Wildman–Crippen LogP) is 4.20. The van der Waals surface area contributed by atoms with Crippen molar-refractivity contribution >= 4 is 5.91 Å². The molecule has 25 heavy (non-hydrogen) atoms. The molecule has 0 aromatic heterocycles. The van der Waals surface area contributed by atoms with Gasteiger partial charge in [-0.25, -0.2) is 0 Å². The van der Waals surface area contributed by atoms with Crippen molar-refractivity contribution in [3.8, 4) is 5.75 Å². The second-order valence-electron chi connectivity index (χ2n) is 7.22. The van der Waals surface area contributed by atoms with Crippen molar-refractivity contribution in [1.82, 2.24) is 5.32 Å². The standard InChI is InChI=1S/C22H25NO2/c24-21(23-18-12-6-1-2-7-13-18)22(17-10-4-3-5-11-17)16-25-20-15-9-8-14-19(20)22/h3-5,8-11,14-15,18H,1-2,6-7,12-13,16H2,(H,23,24). The molecule has 130 valence electrons. The lowest BCUT2D eigenvalue weighted by atomic mass is 9.75. The van der Waals surface area contributed by atoms with Gasteiger partial charge in [-0.3, -0.25) is 4.79 Å². The number of benzene rings is 2. The van der Waals surface area contributed by atoms with Crippen LogP contribution in [0.25, 0.3) is 0 Å². The average Bonchev–Trinajstić information content (AvgIpc) is 2.87. The molecule has 0 saturated heterocycles. The lowest BCUT2D eigenvalue weighted by Crippen LogP contribution is -2.50. The summed E-state index contributed by atoms with van der Waals surface area (Å²) in [6, 6.07) is 18.3. The number of carbonyl (C=O) groups is 1. The first-order valence-corrected chi connectivity index (χ1v) is 9.39. The van der Waals surface area contributed by atoms with Crippen LogP contribution in [0, 0.1) is 0 Å². The number of hydrogen-bond donors (Lipinski definition) is 1. The van der Waals surface area contributed by atoms with E-state index in [2.05, 4.69) is 5.32 Å². The molecule has 2 aromatic rings. The van der Waals surface area contributed by atoms with E-state index in [-0.39, 0.29) is 11.9 Å². The Balaban J connectivity index is 1.71. The fourth-order valence-corrected chi connectivity index (χ4v) is 4.22. The smallest absolute Gasteiger partial charge is 0.239 e. The minimum absolute atomic E-state index is 0.0792. The second-order valence-corrected chi connectivity index (χ2v) is 7.22. The van der Waals surface area contributed by atoms with Crippen LogP contribution in [0.15, 0.2) is 54.6 Å². The van der Waals surface area contributed by atoms with Gasteiger partial charge in [-0.2, -0.15) is 0 Å². The normalized spacial score (nSPS) is 23.4. The Bertz CT molecular complexity index is 735. The topological polar surface area (TPSA) is 38.3 Å². The molecule has 1 atom stereocenters. The van der Waals surface area contributed by atoms with E-state index in [0.717, 1.165) is 29.7 Å². The van der Waals surface area contributed by atoms with Gasteiger partial charge in [-0.1, -0.05) is 74.2 Å². The number of rotatable bonds is 3. The molecule has 1 aliphatic carbocycles. The molecule has 0 bridgehead atoms. The fourth-order valence-electron chi connectivity index (χ4n) is 4.22. The van der Waals surface area contributed by atoms with Gasteiger partial charge >= 0.3 is 0 Å². The van der Waals surface area contributed by atoms with Crippen molar-refractivity contribution in [2.45, 2.75) is 50.0 Å². The van der Waals surface area contributed by atoms with Gasteiger partial charge in [0, 0.05) is 11.6 Å². The summed E-state index contributed by atoms with van der Waals surface area (Å²) in [4.78, 5) is 13.5. The van der Waals surface area contributed by atoms with E-state index < -0.39 is 5.41 Å². The second kappa shape index (κ2) is 6.91. The zero-order chi connectivity index (χ0) is 17.1. The molecule has 1 aliphatic heterocycles. The summed E-state index contributed by atoms with van der Waals surface area (Å²) in [5.41, 5.74) is 1.24. The SMILES string of the molecule is O=C(NC1CCCCCC1)C1(c2ccccc2)COc2ccccc21. The Hall–Kier alpha value is -2.29. The van der Waals surface area contributed by atoms with Crippen LogP contribution >= 0.6 is 0 Å². The Morgan fingerprint density at radius 2 is 1.60 bits per heavy atom. The molecule has 3 heteroatoms. The van der Waals surface area contributed by atoms with E-state index in [1.165, 1.54) is 25.7 Å². The summed E-state index contributed by atoms with van der Waals surface area (Å²) in [5, 5.41) is 3.36. The summed E-state index contributed by atoms with van der Waals surface area (Å²) in [7, 11) is 0. The van der Waals surface area contributed by atoms with E-state index in [4.69, 9.17) is 4.74 Å². The number of amides is 1. The third kappa shape index (κ3) is 2.92. The number of ether oxygens (including phenoxy) is 1. The van der Waals surface area contributed by atoms with Crippen LogP contribution < -0.4 is 10.1 Å². The maximum Gasteiger partial charge on any atom is 0.239 e. The van der Waals surface area contributed by atoms with Gasteiger partial charge in [0.25, 0.3) is 0 Å². The summed E-state index contributed by atoms with van der Waals surface area (Å²) in [5.74, 6) is 0.901. The molecule has 1 unspecified atom stereocenters. The number of nitrogens with one attached hydrogen (secondary N) is 1. The van der Waals surface area contributed by atoms with E-state index in [1.54, 1.807) is 0 Å². The van der Waals surface area contributed by atoms with Gasteiger partial charge in [0.15, 0.2) is 0 Å². The molecule has 1 heterocycles. The lowest BCUT2D eigenvalue weighted by molar-refractivity contribution is -0.126. The molecular formula is C22H25NO2. The van der Waals surface area contributed by atoms with Crippen molar-refractivity contribution in [3.05, 3.63) is 65.7 Å². The highest BCUT2D eigenvalue weighted by Gasteiger charge is 2.49. The number of carbonyl (C=O) groups excluding carboxylic acids is 1. The van der Waals surface area contributed by atoms with Crippen LogP contribution in [0.4, 0.5) is 0 Å². The van der Waals surface area contributed by atoms with Crippen LogP contribution in [0.3, 0.4) is 0 Å². The Kier molecular flexibility index (Phi) is 4.48. The van der Waals surface area contributed by atoms with Crippen molar-refractivity contribution in [3.63, 3.8) is 0 Å². The molecule has 0 radical (unpaired) electrons. The highest BCUT2D eigenvalue weighted by Crippen LogP contribution is 2.43. The number of fused-ring (bicyclic) bond motifs is 1. The Morgan fingerprint density at radius 1 is 0.920 bits per heavy atom. The third-order valence-corrected chi connectivity index (χ3v) is 5.64. The van der Waals surface area contributed by atoms with Crippen molar-refractivity contribution in [2.24, 2.45) is 0 Å². The van der Waals surface area contributed by atoms with E-state index in [1.807, 2.05) is 54.6 Å². The first-order valence-electron chi connectivity index (χ1n) is 9.39. The molecule has 1 fully saturated rings. The van der Waals surface area contributed by atoms with E-state index in [9.17, 15) is 4.79 Å². The molecule has 3 nitrogen and oxygen atoms in total. The largest absolute Gasteiger partial charge is 0.491 e. The van der Waals surface area contributed by atoms with Crippen molar-refractivity contribution < 1.29 is 9.53 Å². The van der Waals surface area contributed by atoms with Gasteiger partial charge in [-0.15, -0.1) is 0 Å². The number of hydrogen-bond acceptors (Lipinski definition) is 2. The zero-order valence-corrected chi connectivity index (χ0v) is 14.5. The van der Waals surface area contributed by atoms with Gasteiger partial charge in [0.2, 0.25) is 5.91 Å². The minimum Gasteiger partial charge on any atom is -0.491 e. The molecule has 1 N–H and O–H groups in total. The molecule has 0 spiro atoms. The van der Waals surface area contributed by atoms with Crippen LogP contribution in [-0.4, -0.2) is 18.6 Å². The van der Waals surface area contributed by atoms with Crippen LogP contribution in [-0.2, 0) is 10.2 Å². The quantitative estimate of drug-likeness (QED) is 0.854. The molecule has 1 amide bonds. The molecule has 4 rings (SSSR count). The summed E-state index contributed by atoms with van der Waals surface area (Å²) in [6.07, 6.45) is 7.13. The molecule has 2 aromatic carbocycles. The van der Waals surface area contributed by atoms with Crippen molar-refractivity contribution in [1.29, 1.82) is 0 Å². The maximum absolute atomic E-state index is 13.5. The molecule has 1 saturated carbocycles. The highest BCUT2D eigenvalue weighted by molar-refractivity contribution is 5.94. The average molecular weight is 335 g/mol. The zero-order valence-electron chi connectivity index (χ0n) is 14.5. The molecule has 2 aliphatic rings. The summed E-state index contributed by atoms with van der Waals surface area (Å²) >= 11 is 0. The van der Waals surface area contributed by atoms with Gasteiger partial charge in [0.05, 0.1) is 0 Å². The Labute approximate surface area is 149 Å². The van der Waals surface area contributed by atoms with E-state index in [0.29, 0.717) is 6.61 Å². The number of para-hydroxylation sites is 1. The summed E-state index contributed by atoms with van der Waals surface area (Å²) < 4.78 is 5.94. The van der Waals surface area contributed by atoms with E-state index >= 15 is 0 Å². The van der Waals surface area contributed by atoms with Crippen LogP contribution in [0.1, 0.15) is 49.7 Å². The third-order valence-electron chi connectivity index (χ3n) is 5.64. The lowest BCUT2D eigenvalue weighted by Gasteiger charge is -2.30. The minimum atomic E-state index is -0.746. The first kappa shape index (κ1) is 16.2. The van der Waals surface area contributed by atoms with Gasteiger partial charge in [0.1, 0.15) is 17.8 Å². The summed E-state index contributed by atoms with van der Waals surface area (Å²) in [6.45, 7) is 0.370. The van der Waals surface area contributed by atoms with Gasteiger partial charge in [-0.05, 0) is 24.5 Å². The van der Waals surface area contributed by atoms with Crippen molar-refractivity contribution in [2.75, 3.05) is 6.61 Å². The monoisotopic (exact) mass is 335 g/mol. The maximum atomic E-state index is 13.5. The molecular weight excluding hydrogens is 310 g/mol. The predicted molar refractivity (Wildman–Crippen MR) is 98.8 cm³/mol. The first-order chi connectivity index (χ1) is 12.3. The van der Waals surface area contributed by atoms with Crippen LogP contribution in [0.5, 0.6) is 5.75 Å². The van der Waals surface area contributed by atoms with Crippen LogP contribution in [0.2, 0.25) is 0 Å². The Morgan fingerprint density at radius 3 is 2.36 bits per heavy atom. The highest BCUT2D eigenvalue weighted by atomic mass is 16.5. The fraction of sp³-hybridized carbons (Fsp3) is 0.409.